The van der Waals surface area contributed by atoms with E-state index in [-0.39, 0.29) is 24.3 Å². The number of aromatic nitrogens is 2. The quantitative estimate of drug-likeness (QED) is 0.553. The van der Waals surface area contributed by atoms with Gasteiger partial charge >= 0.3 is 7.60 Å². The van der Waals surface area contributed by atoms with Gasteiger partial charge in [-0.05, 0) is 58.9 Å². The van der Waals surface area contributed by atoms with Gasteiger partial charge in [-0.3, -0.25) is 14.1 Å². The largest absolute Gasteiger partial charge is 0.397 e. The molecular weight excluding hydrogens is 385 g/mol. The molecule has 29 heavy (non-hydrogen) atoms. The van der Waals surface area contributed by atoms with E-state index in [0.717, 1.165) is 11.1 Å². The van der Waals surface area contributed by atoms with E-state index in [1.165, 1.54) is 0 Å². The van der Waals surface area contributed by atoms with Gasteiger partial charge < -0.3 is 9.05 Å². The first-order chi connectivity index (χ1) is 13.8. The Hall–Kier alpha value is -2.27. The number of fused-ring (bicyclic) bond motifs is 1. The summed E-state index contributed by atoms with van der Waals surface area (Å²) in [5, 5.41) is 0.870. The van der Waals surface area contributed by atoms with E-state index in [9.17, 15) is 4.57 Å². The summed E-state index contributed by atoms with van der Waals surface area (Å²) in [5.41, 5.74) is 2.03. The SMILES string of the molecule is CCOP(=O)(OCC)c1nc2ccccc2c(=NC(C)(C)C)n1-c1ccccc1. The standard InChI is InChI=1S/C22H28N3O3P/c1-6-27-29(26,28-7-2)21-23-19-16-12-11-15-18(19)20(24-22(3,4)5)25(21)17-13-9-8-10-14-17/h8-16H,6-7H2,1-5H3. The van der Waals surface area contributed by atoms with E-state index in [1.54, 1.807) is 18.4 Å². The van der Waals surface area contributed by atoms with Crippen molar-refractivity contribution in [2.24, 2.45) is 4.99 Å². The molecule has 0 spiro atoms. The third-order valence-electron chi connectivity index (χ3n) is 4.08. The van der Waals surface area contributed by atoms with Crippen molar-refractivity contribution >= 4 is 24.1 Å². The second kappa shape index (κ2) is 8.62. The van der Waals surface area contributed by atoms with Crippen LogP contribution in [0.4, 0.5) is 0 Å². The third kappa shape index (κ3) is 4.67. The van der Waals surface area contributed by atoms with Gasteiger partial charge in [0.15, 0.2) is 0 Å². The van der Waals surface area contributed by atoms with Crippen LogP contribution in [-0.2, 0) is 13.6 Å². The summed E-state index contributed by atoms with van der Waals surface area (Å²) in [4.78, 5) is 9.72. The Morgan fingerprint density at radius 3 is 2.14 bits per heavy atom. The highest BCUT2D eigenvalue weighted by Gasteiger charge is 2.34. The summed E-state index contributed by atoms with van der Waals surface area (Å²) in [6, 6.07) is 17.4. The highest BCUT2D eigenvalue weighted by Crippen LogP contribution is 2.46. The Morgan fingerprint density at radius 1 is 0.966 bits per heavy atom. The Balaban J connectivity index is 2.55. The number of hydrogen-bond donors (Lipinski definition) is 0. The molecule has 7 heteroatoms. The molecule has 154 valence electrons. The van der Waals surface area contributed by atoms with Crippen LogP contribution in [0.1, 0.15) is 34.6 Å². The normalized spacial score (nSPS) is 13.2. The molecule has 0 N–H and O–H groups in total. The summed E-state index contributed by atoms with van der Waals surface area (Å²) in [5.74, 6) is 0. The zero-order valence-corrected chi connectivity index (χ0v) is 18.5. The lowest BCUT2D eigenvalue weighted by molar-refractivity contribution is 0.228. The monoisotopic (exact) mass is 413 g/mol. The maximum atomic E-state index is 13.8. The fourth-order valence-electron chi connectivity index (χ4n) is 3.05. The fraction of sp³-hybridized carbons (Fsp3) is 0.364. The molecule has 0 radical (unpaired) electrons. The number of hydrogen-bond acceptors (Lipinski definition) is 5. The predicted molar refractivity (Wildman–Crippen MR) is 117 cm³/mol. The minimum Gasteiger partial charge on any atom is -0.303 e. The van der Waals surface area contributed by atoms with Gasteiger partial charge in [0.1, 0.15) is 5.49 Å². The Morgan fingerprint density at radius 2 is 1.55 bits per heavy atom. The minimum absolute atomic E-state index is 0.231. The van der Waals surface area contributed by atoms with Gasteiger partial charge in [-0.2, -0.15) is 0 Å². The molecule has 0 unspecified atom stereocenters. The van der Waals surface area contributed by atoms with Crippen LogP contribution in [-0.4, -0.2) is 28.3 Å². The Bertz CT molecular complexity index is 1090. The topological polar surface area (TPSA) is 65.7 Å². The Labute approximate surface area is 171 Å². The van der Waals surface area contributed by atoms with Crippen molar-refractivity contribution in [1.82, 2.24) is 9.55 Å². The van der Waals surface area contributed by atoms with Crippen LogP contribution < -0.4 is 11.1 Å². The number of rotatable bonds is 6. The van der Waals surface area contributed by atoms with E-state index in [1.807, 2.05) is 75.4 Å². The van der Waals surface area contributed by atoms with E-state index in [2.05, 4.69) is 0 Å². The third-order valence-corrected chi connectivity index (χ3v) is 6.06. The van der Waals surface area contributed by atoms with Crippen LogP contribution in [0.25, 0.3) is 16.6 Å². The molecule has 1 aromatic heterocycles. The van der Waals surface area contributed by atoms with Gasteiger partial charge in [-0.15, -0.1) is 0 Å². The van der Waals surface area contributed by atoms with Crippen LogP contribution >= 0.6 is 7.60 Å². The molecule has 6 nitrogen and oxygen atoms in total. The molecule has 3 aromatic rings. The van der Waals surface area contributed by atoms with Crippen LogP contribution in [0.3, 0.4) is 0 Å². The summed E-state index contributed by atoms with van der Waals surface area (Å²) in [6.07, 6.45) is 0. The lowest BCUT2D eigenvalue weighted by Gasteiger charge is -2.23. The smallest absolute Gasteiger partial charge is 0.303 e. The fourth-order valence-corrected chi connectivity index (χ4v) is 4.72. The molecule has 3 rings (SSSR count). The summed E-state index contributed by atoms with van der Waals surface area (Å²) < 4.78 is 26.9. The van der Waals surface area contributed by atoms with Crippen LogP contribution in [0.5, 0.6) is 0 Å². The molecule has 0 saturated carbocycles. The second-order valence-corrected chi connectivity index (χ2v) is 9.45. The molecule has 0 aliphatic rings. The maximum absolute atomic E-state index is 13.8. The predicted octanol–water partition coefficient (Wildman–Crippen LogP) is 4.62. The highest BCUT2D eigenvalue weighted by molar-refractivity contribution is 7.61. The molecular formula is C22H28N3O3P. The molecule has 0 amide bonds. The maximum Gasteiger partial charge on any atom is 0.397 e. The molecule has 0 aliphatic carbocycles. The van der Waals surface area contributed by atoms with Crippen molar-refractivity contribution in [1.29, 1.82) is 0 Å². The second-order valence-electron chi connectivity index (χ2n) is 7.54. The molecule has 1 heterocycles. The summed E-state index contributed by atoms with van der Waals surface area (Å²) >= 11 is 0. The molecule has 0 bridgehead atoms. The van der Waals surface area contributed by atoms with Crippen molar-refractivity contribution < 1.29 is 13.6 Å². The first kappa shape index (κ1) is 21.4. The number of benzene rings is 2. The van der Waals surface area contributed by atoms with Gasteiger partial charge in [0.2, 0.25) is 5.57 Å². The van der Waals surface area contributed by atoms with Crippen LogP contribution in [0.15, 0.2) is 59.6 Å². The molecule has 2 aromatic carbocycles. The molecule has 0 fully saturated rings. The van der Waals surface area contributed by atoms with E-state index < -0.39 is 7.60 Å². The first-order valence-corrected chi connectivity index (χ1v) is 11.4. The van der Waals surface area contributed by atoms with E-state index in [0.29, 0.717) is 11.0 Å². The van der Waals surface area contributed by atoms with Gasteiger partial charge in [0.05, 0.1) is 24.3 Å². The lowest BCUT2D eigenvalue weighted by atomic mass is 10.1. The van der Waals surface area contributed by atoms with Gasteiger partial charge in [-0.1, -0.05) is 30.3 Å². The average molecular weight is 413 g/mol. The van der Waals surface area contributed by atoms with E-state index >= 15 is 0 Å². The van der Waals surface area contributed by atoms with Crippen molar-refractivity contribution in [3.05, 3.63) is 60.1 Å². The van der Waals surface area contributed by atoms with Gasteiger partial charge in [0, 0.05) is 11.1 Å². The van der Waals surface area contributed by atoms with Crippen molar-refractivity contribution in [2.45, 2.75) is 40.2 Å². The molecule has 0 aliphatic heterocycles. The van der Waals surface area contributed by atoms with Crippen molar-refractivity contribution in [3.8, 4) is 5.69 Å². The average Bonchev–Trinajstić information content (AvgIpc) is 2.67. The number of para-hydroxylation sites is 2. The molecule has 0 atom stereocenters. The lowest BCUT2D eigenvalue weighted by Crippen LogP contribution is -2.37. The zero-order chi connectivity index (χ0) is 21.1. The van der Waals surface area contributed by atoms with Gasteiger partial charge in [0.25, 0.3) is 0 Å². The summed E-state index contributed by atoms with van der Waals surface area (Å²) in [7, 11) is -3.68. The number of nitrogens with zero attached hydrogens (tertiary/aromatic N) is 3. The van der Waals surface area contributed by atoms with Gasteiger partial charge in [-0.25, -0.2) is 4.98 Å². The minimum atomic E-state index is -3.68. The summed E-state index contributed by atoms with van der Waals surface area (Å²) in [6.45, 7) is 10.2. The van der Waals surface area contributed by atoms with Crippen molar-refractivity contribution in [3.63, 3.8) is 0 Å². The van der Waals surface area contributed by atoms with Crippen LogP contribution in [0, 0.1) is 0 Å². The van der Waals surface area contributed by atoms with Crippen LogP contribution in [0.2, 0.25) is 0 Å². The molecule has 0 saturated heterocycles. The zero-order valence-electron chi connectivity index (χ0n) is 17.6. The first-order valence-electron chi connectivity index (χ1n) is 9.82. The highest BCUT2D eigenvalue weighted by atomic mass is 31.2. The van der Waals surface area contributed by atoms with E-state index in [4.69, 9.17) is 19.0 Å². The Kier molecular flexibility index (Phi) is 6.37. The van der Waals surface area contributed by atoms with Crippen molar-refractivity contribution in [2.75, 3.05) is 13.2 Å².